The molecule has 1 unspecified atom stereocenters. The number of carbonyl (C=O) groups is 2. The minimum Gasteiger partial charge on any atom is -0.481 e. The Morgan fingerprint density at radius 2 is 2.16 bits per heavy atom. The average Bonchev–Trinajstić information content (AvgIpc) is 2.33. The van der Waals surface area contributed by atoms with Crippen LogP contribution < -0.4 is 5.32 Å². The summed E-state index contributed by atoms with van der Waals surface area (Å²) in [6.45, 7) is 1.89. The first kappa shape index (κ1) is 15.4. The molecule has 6 heteroatoms. The number of hydrogen-bond donors (Lipinski definition) is 2. The number of carbonyl (C=O) groups excluding carboxylic acids is 1. The van der Waals surface area contributed by atoms with Crippen LogP contribution in [0.2, 0.25) is 5.02 Å². The van der Waals surface area contributed by atoms with Gasteiger partial charge in [0.1, 0.15) is 5.82 Å². The van der Waals surface area contributed by atoms with Crippen molar-refractivity contribution in [1.82, 2.24) is 5.32 Å². The maximum Gasteiger partial charge on any atom is 0.308 e. The van der Waals surface area contributed by atoms with Crippen molar-refractivity contribution < 1.29 is 19.1 Å². The molecule has 1 rings (SSSR count). The van der Waals surface area contributed by atoms with E-state index in [1.54, 1.807) is 0 Å². The number of halogens is 2. The molecule has 0 fully saturated rings. The minimum atomic E-state index is -0.952. The van der Waals surface area contributed by atoms with Crippen LogP contribution in [0.25, 0.3) is 0 Å². The summed E-state index contributed by atoms with van der Waals surface area (Å²) in [4.78, 5) is 22.7. The lowest BCUT2D eigenvalue weighted by Gasteiger charge is -2.12. The van der Waals surface area contributed by atoms with E-state index in [4.69, 9.17) is 16.7 Å². The molecule has 0 aliphatic rings. The van der Waals surface area contributed by atoms with E-state index < -0.39 is 23.6 Å². The molecule has 0 bridgehead atoms. The molecule has 19 heavy (non-hydrogen) atoms. The Labute approximate surface area is 115 Å². The van der Waals surface area contributed by atoms with Gasteiger partial charge in [-0.15, -0.1) is 0 Å². The summed E-state index contributed by atoms with van der Waals surface area (Å²) < 4.78 is 12.8. The van der Waals surface area contributed by atoms with Gasteiger partial charge in [-0.2, -0.15) is 0 Å². The number of hydrogen-bond acceptors (Lipinski definition) is 2. The molecule has 104 valence electrons. The standard InChI is InChI=1S/C13H15ClFNO3/c1-2-3-8(13(18)19)7-16-12(17)10-5-4-9(15)6-11(10)14/h4-6,8H,2-3,7H2,1H3,(H,16,17)(H,18,19). The lowest BCUT2D eigenvalue weighted by Crippen LogP contribution is -2.33. The maximum absolute atomic E-state index is 12.8. The Bertz CT molecular complexity index is 479. The van der Waals surface area contributed by atoms with Gasteiger partial charge in [0.15, 0.2) is 0 Å². The monoisotopic (exact) mass is 287 g/mol. The van der Waals surface area contributed by atoms with Crippen LogP contribution in [0.15, 0.2) is 18.2 Å². The SMILES string of the molecule is CCCC(CNC(=O)c1ccc(F)cc1Cl)C(=O)O. The van der Waals surface area contributed by atoms with Crippen LogP contribution in [0.5, 0.6) is 0 Å². The van der Waals surface area contributed by atoms with E-state index in [9.17, 15) is 14.0 Å². The number of benzene rings is 1. The van der Waals surface area contributed by atoms with Crippen molar-refractivity contribution in [3.63, 3.8) is 0 Å². The lowest BCUT2D eigenvalue weighted by atomic mass is 10.0. The summed E-state index contributed by atoms with van der Waals surface area (Å²) in [6.07, 6.45) is 1.19. The van der Waals surface area contributed by atoms with Gasteiger partial charge in [-0.25, -0.2) is 4.39 Å². The van der Waals surface area contributed by atoms with Crippen molar-refractivity contribution >= 4 is 23.5 Å². The summed E-state index contributed by atoms with van der Waals surface area (Å²) in [5, 5.41) is 11.5. The maximum atomic E-state index is 12.8. The quantitative estimate of drug-likeness (QED) is 0.845. The van der Waals surface area contributed by atoms with Crippen molar-refractivity contribution in [2.75, 3.05) is 6.54 Å². The Balaban J connectivity index is 2.66. The molecule has 0 saturated carbocycles. The van der Waals surface area contributed by atoms with Gasteiger partial charge >= 0.3 is 5.97 Å². The van der Waals surface area contributed by atoms with Crippen LogP contribution in [-0.4, -0.2) is 23.5 Å². The normalized spacial score (nSPS) is 11.9. The number of rotatable bonds is 6. The summed E-state index contributed by atoms with van der Waals surface area (Å²) in [5.74, 6) is -2.62. The van der Waals surface area contributed by atoms with Gasteiger partial charge in [-0.1, -0.05) is 24.9 Å². The number of carboxylic acid groups (broad SMARTS) is 1. The third-order valence-corrected chi connectivity index (χ3v) is 2.98. The first-order valence-electron chi connectivity index (χ1n) is 5.91. The smallest absolute Gasteiger partial charge is 0.308 e. The van der Waals surface area contributed by atoms with Crippen LogP contribution in [0, 0.1) is 11.7 Å². The molecule has 0 radical (unpaired) electrons. The second-order valence-corrected chi connectivity index (χ2v) is 4.57. The molecular formula is C13H15ClFNO3. The van der Waals surface area contributed by atoms with Crippen molar-refractivity contribution in [2.45, 2.75) is 19.8 Å². The Hall–Kier alpha value is -1.62. The summed E-state index contributed by atoms with van der Waals surface area (Å²) in [7, 11) is 0. The van der Waals surface area contributed by atoms with Crippen LogP contribution in [0.3, 0.4) is 0 Å². The molecular weight excluding hydrogens is 273 g/mol. The van der Waals surface area contributed by atoms with Crippen molar-refractivity contribution in [1.29, 1.82) is 0 Å². The van der Waals surface area contributed by atoms with Crippen molar-refractivity contribution in [3.05, 3.63) is 34.6 Å². The molecule has 0 heterocycles. The first-order chi connectivity index (χ1) is 8.95. The molecule has 1 atom stereocenters. The van der Waals surface area contributed by atoms with Crippen molar-refractivity contribution in [2.24, 2.45) is 5.92 Å². The van der Waals surface area contributed by atoms with Gasteiger partial charge < -0.3 is 10.4 Å². The third kappa shape index (κ3) is 4.52. The van der Waals surface area contributed by atoms with Crippen LogP contribution in [0.4, 0.5) is 4.39 Å². The van der Waals surface area contributed by atoms with E-state index in [1.165, 1.54) is 6.07 Å². The minimum absolute atomic E-state index is 0.000124. The molecule has 1 aromatic carbocycles. The highest BCUT2D eigenvalue weighted by Gasteiger charge is 2.18. The zero-order valence-corrected chi connectivity index (χ0v) is 11.2. The summed E-state index contributed by atoms with van der Waals surface area (Å²) in [5.41, 5.74) is 0.128. The molecule has 0 aromatic heterocycles. The van der Waals surface area contributed by atoms with Gasteiger partial charge in [0.2, 0.25) is 0 Å². The molecule has 1 amide bonds. The predicted molar refractivity (Wildman–Crippen MR) is 69.8 cm³/mol. The Morgan fingerprint density at radius 3 is 2.68 bits per heavy atom. The van der Waals surface area contributed by atoms with Gasteiger partial charge in [-0.05, 0) is 24.6 Å². The Kier molecular flexibility index (Phi) is 5.76. The van der Waals surface area contributed by atoms with Gasteiger partial charge in [0, 0.05) is 6.54 Å². The third-order valence-electron chi connectivity index (χ3n) is 2.67. The van der Waals surface area contributed by atoms with Gasteiger partial charge in [0.25, 0.3) is 5.91 Å². The first-order valence-corrected chi connectivity index (χ1v) is 6.29. The van der Waals surface area contributed by atoms with E-state index in [1.807, 2.05) is 6.92 Å². The second kappa shape index (κ2) is 7.09. The zero-order chi connectivity index (χ0) is 14.4. The van der Waals surface area contributed by atoms with Crippen molar-refractivity contribution in [3.8, 4) is 0 Å². The molecule has 0 aliphatic heterocycles. The predicted octanol–water partition coefficient (Wildman–Crippen LogP) is 2.71. The van der Waals surface area contributed by atoms with Gasteiger partial charge in [0.05, 0.1) is 16.5 Å². The van der Waals surface area contributed by atoms with Crippen LogP contribution in [-0.2, 0) is 4.79 Å². The fraction of sp³-hybridized carbons (Fsp3) is 0.385. The summed E-state index contributed by atoms with van der Waals surface area (Å²) >= 11 is 5.75. The van der Waals surface area contributed by atoms with Crippen LogP contribution in [0.1, 0.15) is 30.1 Å². The molecule has 0 saturated heterocycles. The highest BCUT2D eigenvalue weighted by Crippen LogP contribution is 2.17. The summed E-state index contributed by atoms with van der Waals surface area (Å²) in [6, 6.07) is 3.43. The van der Waals surface area contributed by atoms with Crippen LogP contribution >= 0.6 is 11.6 Å². The molecule has 0 aliphatic carbocycles. The lowest BCUT2D eigenvalue weighted by molar-refractivity contribution is -0.141. The molecule has 1 aromatic rings. The van der Waals surface area contributed by atoms with E-state index in [-0.39, 0.29) is 17.1 Å². The molecule has 4 nitrogen and oxygen atoms in total. The fourth-order valence-corrected chi connectivity index (χ4v) is 1.90. The average molecular weight is 288 g/mol. The fourth-order valence-electron chi connectivity index (χ4n) is 1.65. The number of amides is 1. The topological polar surface area (TPSA) is 66.4 Å². The molecule has 0 spiro atoms. The molecule has 2 N–H and O–H groups in total. The highest BCUT2D eigenvalue weighted by atomic mass is 35.5. The van der Waals surface area contributed by atoms with E-state index in [0.717, 1.165) is 12.1 Å². The number of nitrogens with one attached hydrogen (secondary N) is 1. The highest BCUT2D eigenvalue weighted by molar-refractivity contribution is 6.33. The number of carboxylic acids is 1. The number of aliphatic carboxylic acids is 1. The van der Waals surface area contributed by atoms with E-state index in [2.05, 4.69) is 5.32 Å². The zero-order valence-electron chi connectivity index (χ0n) is 10.5. The van der Waals surface area contributed by atoms with E-state index in [0.29, 0.717) is 12.8 Å². The largest absolute Gasteiger partial charge is 0.481 e. The van der Waals surface area contributed by atoms with E-state index >= 15 is 0 Å². The van der Waals surface area contributed by atoms with Gasteiger partial charge in [-0.3, -0.25) is 9.59 Å². The Morgan fingerprint density at radius 1 is 1.47 bits per heavy atom. The second-order valence-electron chi connectivity index (χ2n) is 4.16.